The smallest absolute Gasteiger partial charge is 0.472 e. The molecule has 0 rings (SSSR count). The largest absolute Gasteiger partial charge is 0.498 e. The van der Waals surface area contributed by atoms with E-state index in [1.165, 1.54) is 122 Å². The SMILES string of the molecule is CCCCCCCC/C=C/CCCCCC(=O)O[C@H](CO/C=C/CCCCCCCCCCCCCCCC)COP(=O)(O)OCC[N+](C)(C)C. The van der Waals surface area contributed by atoms with Crippen LogP contribution >= 0.6 is 7.82 Å². The maximum absolute atomic E-state index is 12.6. The second-order valence-electron chi connectivity index (χ2n) is 15.4. The van der Waals surface area contributed by atoms with Gasteiger partial charge in [0, 0.05) is 6.42 Å². The fraction of sp³-hybridized carbons (Fsp3) is 0.881. The van der Waals surface area contributed by atoms with Gasteiger partial charge in [0.1, 0.15) is 19.8 Å². The van der Waals surface area contributed by atoms with Gasteiger partial charge in [-0.15, -0.1) is 0 Å². The highest BCUT2D eigenvalue weighted by Gasteiger charge is 2.26. The standard InChI is InChI=1S/C42H82NO7P/c1-6-8-10-12-14-16-18-20-21-22-24-26-28-30-32-34-37-47-39-41(40-49-51(45,46)48-38-36-43(3,4)5)50-42(44)35-33-31-29-27-25-23-19-17-15-13-11-9-7-2/h23,25,34,37,41H,6-22,24,26-33,35-36,38-40H2,1-5H3/p+1/b25-23+,37-34+/t41-/m1/s1. The lowest BCUT2D eigenvalue weighted by Crippen LogP contribution is -2.37. The number of carbonyl (C=O) groups excluding carboxylic acids is 1. The fourth-order valence-corrected chi connectivity index (χ4v) is 6.49. The van der Waals surface area contributed by atoms with Crippen molar-refractivity contribution >= 4 is 13.8 Å². The molecular weight excluding hydrogens is 661 g/mol. The van der Waals surface area contributed by atoms with Crippen LogP contribution in [-0.2, 0) is 27.9 Å². The number of phosphoric ester groups is 1. The quantitative estimate of drug-likeness (QED) is 0.0167. The van der Waals surface area contributed by atoms with Gasteiger partial charge in [0.25, 0.3) is 0 Å². The predicted octanol–water partition coefficient (Wildman–Crippen LogP) is 12.4. The molecule has 0 spiro atoms. The van der Waals surface area contributed by atoms with Crippen LogP contribution in [0.4, 0.5) is 0 Å². The number of carbonyl (C=O) groups is 1. The summed E-state index contributed by atoms with van der Waals surface area (Å²) in [6.45, 7) is 4.91. The van der Waals surface area contributed by atoms with E-state index in [1.54, 1.807) is 6.26 Å². The Kier molecular flexibility index (Phi) is 35.0. The molecule has 2 atom stereocenters. The van der Waals surface area contributed by atoms with Crippen molar-refractivity contribution < 1.29 is 37.3 Å². The lowest BCUT2D eigenvalue weighted by atomic mass is 10.0. The minimum Gasteiger partial charge on any atom is -0.498 e. The Balaban J connectivity index is 4.31. The predicted molar refractivity (Wildman–Crippen MR) is 215 cm³/mol. The van der Waals surface area contributed by atoms with Gasteiger partial charge in [-0.25, -0.2) is 4.57 Å². The molecule has 0 saturated heterocycles. The van der Waals surface area contributed by atoms with Crippen LogP contribution in [0.2, 0.25) is 0 Å². The maximum atomic E-state index is 12.6. The number of unbranched alkanes of at least 4 members (excludes halogenated alkanes) is 23. The first-order valence-corrected chi connectivity index (χ1v) is 22.6. The van der Waals surface area contributed by atoms with Crippen molar-refractivity contribution in [3.05, 3.63) is 24.5 Å². The lowest BCUT2D eigenvalue weighted by molar-refractivity contribution is -0.870. The molecule has 0 aliphatic heterocycles. The highest BCUT2D eigenvalue weighted by Crippen LogP contribution is 2.43. The van der Waals surface area contributed by atoms with Crippen LogP contribution in [-0.4, -0.2) is 69.0 Å². The van der Waals surface area contributed by atoms with Gasteiger partial charge >= 0.3 is 13.8 Å². The van der Waals surface area contributed by atoms with E-state index >= 15 is 0 Å². The molecule has 1 unspecified atom stereocenters. The Morgan fingerprint density at radius 2 is 1.04 bits per heavy atom. The molecule has 0 heterocycles. The number of rotatable bonds is 39. The Morgan fingerprint density at radius 3 is 1.51 bits per heavy atom. The van der Waals surface area contributed by atoms with Crippen LogP contribution in [0, 0.1) is 0 Å². The number of nitrogens with zero attached hydrogens (tertiary/aromatic N) is 1. The van der Waals surface area contributed by atoms with Gasteiger partial charge in [0.05, 0.1) is 34.0 Å². The number of esters is 1. The molecule has 0 aromatic heterocycles. The Labute approximate surface area is 315 Å². The molecule has 8 nitrogen and oxygen atoms in total. The van der Waals surface area contributed by atoms with Gasteiger partial charge < -0.3 is 18.9 Å². The second-order valence-corrected chi connectivity index (χ2v) is 16.9. The van der Waals surface area contributed by atoms with Gasteiger partial charge in [0.2, 0.25) is 0 Å². The zero-order chi connectivity index (χ0) is 37.7. The zero-order valence-corrected chi connectivity index (χ0v) is 35.0. The van der Waals surface area contributed by atoms with Crippen molar-refractivity contribution in [2.45, 2.75) is 193 Å². The summed E-state index contributed by atoms with van der Waals surface area (Å²) in [5.74, 6) is -0.351. The van der Waals surface area contributed by atoms with Crippen LogP contribution in [0.15, 0.2) is 24.5 Å². The van der Waals surface area contributed by atoms with Gasteiger partial charge in [-0.1, -0.05) is 148 Å². The van der Waals surface area contributed by atoms with E-state index in [2.05, 4.69) is 26.0 Å². The molecule has 0 aliphatic rings. The van der Waals surface area contributed by atoms with Gasteiger partial charge in [-0.2, -0.15) is 0 Å². The highest BCUT2D eigenvalue weighted by molar-refractivity contribution is 7.47. The summed E-state index contributed by atoms with van der Waals surface area (Å²) in [6, 6.07) is 0. The van der Waals surface area contributed by atoms with Crippen molar-refractivity contribution in [3.8, 4) is 0 Å². The Bertz CT molecular complexity index is 874. The van der Waals surface area contributed by atoms with E-state index in [0.29, 0.717) is 17.4 Å². The molecule has 0 aromatic rings. The number of phosphoric acid groups is 1. The van der Waals surface area contributed by atoms with Crippen molar-refractivity contribution in [1.29, 1.82) is 0 Å². The molecular formula is C42H83NO7P+. The molecule has 9 heteroatoms. The molecule has 0 amide bonds. The van der Waals surface area contributed by atoms with Crippen molar-refractivity contribution in [3.63, 3.8) is 0 Å². The van der Waals surface area contributed by atoms with Crippen molar-refractivity contribution in [1.82, 2.24) is 0 Å². The average Bonchev–Trinajstić information content (AvgIpc) is 3.08. The lowest BCUT2D eigenvalue weighted by Gasteiger charge is -2.24. The first-order valence-electron chi connectivity index (χ1n) is 21.1. The average molecular weight is 745 g/mol. The van der Waals surface area contributed by atoms with Crippen LogP contribution in [0.5, 0.6) is 0 Å². The number of likely N-dealkylation sites (N-methyl/N-ethyl adjacent to an activating group) is 1. The summed E-state index contributed by atoms with van der Waals surface area (Å²) in [7, 11) is 1.63. The van der Waals surface area contributed by atoms with Crippen LogP contribution in [0.25, 0.3) is 0 Å². The number of quaternary nitrogens is 1. The van der Waals surface area contributed by atoms with E-state index in [1.807, 2.05) is 27.2 Å². The van der Waals surface area contributed by atoms with E-state index in [4.69, 9.17) is 18.5 Å². The maximum Gasteiger partial charge on any atom is 0.472 e. The summed E-state index contributed by atoms with van der Waals surface area (Å²) in [4.78, 5) is 22.8. The third-order valence-electron chi connectivity index (χ3n) is 9.08. The number of hydrogen-bond donors (Lipinski definition) is 1. The molecule has 51 heavy (non-hydrogen) atoms. The monoisotopic (exact) mass is 745 g/mol. The molecule has 0 aliphatic carbocycles. The Morgan fingerprint density at radius 1 is 0.608 bits per heavy atom. The highest BCUT2D eigenvalue weighted by atomic mass is 31.2. The van der Waals surface area contributed by atoms with Gasteiger partial charge in [-0.05, 0) is 51.0 Å². The summed E-state index contributed by atoms with van der Waals surface area (Å²) >= 11 is 0. The van der Waals surface area contributed by atoms with Gasteiger partial charge in [-0.3, -0.25) is 13.8 Å². The molecule has 302 valence electrons. The van der Waals surface area contributed by atoms with Crippen LogP contribution in [0.3, 0.4) is 0 Å². The third kappa shape index (κ3) is 39.9. The minimum atomic E-state index is -4.29. The summed E-state index contributed by atoms with van der Waals surface area (Å²) in [5.41, 5.74) is 0. The number of ether oxygens (including phenoxy) is 2. The van der Waals surface area contributed by atoms with E-state index in [-0.39, 0.29) is 25.8 Å². The van der Waals surface area contributed by atoms with E-state index in [9.17, 15) is 14.3 Å². The van der Waals surface area contributed by atoms with E-state index in [0.717, 1.165) is 44.9 Å². The van der Waals surface area contributed by atoms with Crippen molar-refractivity contribution in [2.24, 2.45) is 0 Å². The summed E-state index contributed by atoms with van der Waals surface area (Å²) < 4.78 is 34.7. The summed E-state index contributed by atoms with van der Waals surface area (Å²) in [5, 5.41) is 0. The van der Waals surface area contributed by atoms with Crippen LogP contribution < -0.4 is 0 Å². The molecule has 0 fully saturated rings. The molecule has 1 N–H and O–H groups in total. The minimum absolute atomic E-state index is 0.0449. The zero-order valence-electron chi connectivity index (χ0n) is 34.1. The van der Waals surface area contributed by atoms with E-state index < -0.39 is 13.9 Å². The fourth-order valence-electron chi connectivity index (χ4n) is 5.75. The van der Waals surface area contributed by atoms with Crippen molar-refractivity contribution in [2.75, 3.05) is 47.5 Å². The third-order valence-corrected chi connectivity index (χ3v) is 10.1. The normalized spacial score (nSPS) is 14.0. The molecule has 0 saturated carbocycles. The van der Waals surface area contributed by atoms with Crippen LogP contribution in [0.1, 0.15) is 187 Å². The number of hydrogen-bond acceptors (Lipinski definition) is 6. The number of allylic oxidation sites excluding steroid dienone is 3. The molecule has 0 aromatic carbocycles. The molecule has 0 bridgehead atoms. The summed E-state index contributed by atoms with van der Waals surface area (Å²) in [6.07, 6.45) is 40.2. The Hall–Kier alpha value is -1.18. The first kappa shape index (κ1) is 49.8. The topological polar surface area (TPSA) is 91.3 Å². The first-order chi connectivity index (χ1) is 24.6. The second kappa shape index (κ2) is 35.8. The van der Waals surface area contributed by atoms with Gasteiger partial charge in [0.15, 0.2) is 6.10 Å². The molecule has 0 radical (unpaired) electrons.